The van der Waals surface area contributed by atoms with E-state index >= 15 is 0 Å². The fourth-order valence-electron chi connectivity index (χ4n) is 4.10. The second kappa shape index (κ2) is 7.81. The smallest absolute Gasteiger partial charge is 0.256 e. The molecule has 1 atom stereocenters. The van der Waals surface area contributed by atoms with Gasteiger partial charge in [-0.05, 0) is 30.5 Å². The lowest BCUT2D eigenvalue weighted by atomic mass is 9.94. The Bertz CT molecular complexity index is 998. The van der Waals surface area contributed by atoms with Gasteiger partial charge < -0.3 is 15.3 Å². The number of nitrogens with one attached hydrogen (secondary N) is 2. The molecule has 7 heteroatoms. The first-order valence-corrected chi connectivity index (χ1v) is 10.5. The van der Waals surface area contributed by atoms with Crippen LogP contribution in [0.5, 0.6) is 0 Å². The topological polar surface area (TPSA) is 77.0 Å². The Morgan fingerprint density at radius 1 is 1.23 bits per heavy atom. The Labute approximate surface area is 174 Å². The van der Waals surface area contributed by atoms with Crippen LogP contribution in [-0.4, -0.2) is 47.3 Å². The van der Waals surface area contributed by atoms with Crippen LogP contribution in [0.4, 0.5) is 4.39 Å². The molecule has 2 aliphatic heterocycles. The number of hydrazone groups is 1. The SMILES string of the molecule is O=C(c1cc(CC2=NNC(O)c3ccccc32)ccc1F)N1CC(CNC2CC2)C1. The molecule has 5 rings (SSSR count). The third kappa shape index (κ3) is 3.82. The fraction of sp³-hybridized carbons (Fsp3) is 0.391. The molecule has 6 nitrogen and oxygen atoms in total. The number of rotatable bonds is 6. The highest BCUT2D eigenvalue weighted by atomic mass is 19.1. The number of fused-ring (bicyclic) bond motifs is 1. The monoisotopic (exact) mass is 408 g/mol. The van der Waals surface area contributed by atoms with Crippen molar-refractivity contribution >= 4 is 11.6 Å². The maximum Gasteiger partial charge on any atom is 0.256 e. The second-order valence-corrected chi connectivity index (χ2v) is 8.43. The van der Waals surface area contributed by atoms with Crippen LogP contribution in [-0.2, 0) is 6.42 Å². The average molecular weight is 408 g/mol. The molecule has 1 aliphatic carbocycles. The Morgan fingerprint density at radius 2 is 2.03 bits per heavy atom. The molecule has 30 heavy (non-hydrogen) atoms. The van der Waals surface area contributed by atoms with Gasteiger partial charge in [0.15, 0.2) is 6.23 Å². The van der Waals surface area contributed by atoms with E-state index in [1.165, 1.54) is 18.9 Å². The molecule has 2 heterocycles. The number of halogens is 1. The molecule has 2 fully saturated rings. The van der Waals surface area contributed by atoms with Gasteiger partial charge in [-0.25, -0.2) is 4.39 Å². The molecule has 1 saturated carbocycles. The van der Waals surface area contributed by atoms with Crippen LogP contribution < -0.4 is 10.7 Å². The summed E-state index contributed by atoms with van der Waals surface area (Å²) in [4.78, 5) is 14.5. The van der Waals surface area contributed by atoms with Crippen molar-refractivity contribution in [3.63, 3.8) is 0 Å². The van der Waals surface area contributed by atoms with E-state index < -0.39 is 12.0 Å². The molecule has 0 spiro atoms. The number of benzene rings is 2. The molecule has 3 aliphatic rings. The molecular formula is C23H25FN4O2. The van der Waals surface area contributed by atoms with Gasteiger partial charge in [-0.3, -0.25) is 10.2 Å². The third-order valence-corrected chi connectivity index (χ3v) is 6.04. The summed E-state index contributed by atoms with van der Waals surface area (Å²) in [6.45, 7) is 2.27. The van der Waals surface area contributed by atoms with E-state index in [2.05, 4.69) is 15.8 Å². The highest BCUT2D eigenvalue weighted by Crippen LogP contribution is 2.25. The van der Waals surface area contributed by atoms with Crippen LogP contribution in [0.3, 0.4) is 0 Å². The number of hydrogen-bond donors (Lipinski definition) is 3. The van der Waals surface area contributed by atoms with Gasteiger partial charge in [0.2, 0.25) is 0 Å². The Kier molecular flexibility index (Phi) is 5.00. The molecule has 3 N–H and O–H groups in total. The van der Waals surface area contributed by atoms with Gasteiger partial charge in [0.25, 0.3) is 5.91 Å². The lowest BCUT2D eigenvalue weighted by Gasteiger charge is -2.39. The number of carbonyl (C=O) groups excluding carboxylic acids is 1. The minimum atomic E-state index is -0.843. The largest absolute Gasteiger partial charge is 0.368 e. The van der Waals surface area contributed by atoms with Gasteiger partial charge in [0.1, 0.15) is 5.82 Å². The van der Waals surface area contributed by atoms with Crippen molar-refractivity contribution in [3.8, 4) is 0 Å². The lowest BCUT2D eigenvalue weighted by Crippen LogP contribution is -2.53. The van der Waals surface area contributed by atoms with Crippen molar-refractivity contribution in [1.82, 2.24) is 15.6 Å². The molecule has 0 radical (unpaired) electrons. The van der Waals surface area contributed by atoms with Gasteiger partial charge >= 0.3 is 0 Å². The molecule has 2 aromatic carbocycles. The molecule has 2 aromatic rings. The Morgan fingerprint density at radius 3 is 2.83 bits per heavy atom. The summed E-state index contributed by atoms with van der Waals surface area (Å²) in [5.41, 5.74) is 5.99. The molecular weight excluding hydrogens is 383 g/mol. The molecule has 0 aromatic heterocycles. The highest BCUT2D eigenvalue weighted by molar-refractivity contribution is 6.04. The molecule has 1 saturated heterocycles. The minimum absolute atomic E-state index is 0.110. The molecule has 1 amide bonds. The zero-order valence-electron chi connectivity index (χ0n) is 16.6. The van der Waals surface area contributed by atoms with Crippen molar-refractivity contribution in [2.75, 3.05) is 19.6 Å². The van der Waals surface area contributed by atoms with Crippen LogP contribution in [0, 0.1) is 11.7 Å². The van der Waals surface area contributed by atoms with Crippen LogP contribution in [0.2, 0.25) is 0 Å². The van der Waals surface area contributed by atoms with Crippen molar-refractivity contribution in [2.24, 2.45) is 11.0 Å². The summed E-state index contributed by atoms with van der Waals surface area (Å²) in [6, 6.07) is 12.8. The first kappa shape index (κ1) is 19.2. The van der Waals surface area contributed by atoms with Crippen LogP contribution >= 0.6 is 0 Å². The Balaban J connectivity index is 1.28. The van der Waals surface area contributed by atoms with Crippen LogP contribution in [0.1, 0.15) is 46.1 Å². The number of carbonyl (C=O) groups is 1. The summed E-state index contributed by atoms with van der Waals surface area (Å²) in [7, 11) is 0. The number of hydrogen-bond acceptors (Lipinski definition) is 5. The average Bonchev–Trinajstić information content (AvgIpc) is 3.55. The highest BCUT2D eigenvalue weighted by Gasteiger charge is 2.33. The summed E-state index contributed by atoms with van der Waals surface area (Å²) >= 11 is 0. The quantitative estimate of drug-likeness (QED) is 0.685. The van der Waals surface area contributed by atoms with Gasteiger partial charge in [-0.2, -0.15) is 5.10 Å². The summed E-state index contributed by atoms with van der Waals surface area (Å²) in [5, 5.41) is 17.8. The van der Waals surface area contributed by atoms with Crippen molar-refractivity contribution in [1.29, 1.82) is 0 Å². The van der Waals surface area contributed by atoms with Gasteiger partial charge in [-0.15, -0.1) is 0 Å². The van der Waals surface area contributed by atoms with E-state index in [4.69, 9.17) is 0 Å². The van der Waals surface area contributed by atoms with Gasteiger partial charge in [-0.1, -0.05) is 30.3 Å². The maximum atomic E-state index is 14.4. The Hall–Kier alpha value is -2.77. The van der Waals surface area contributed by atoms with Crippen LogP contribution in [0.25, 0.3) is 0 Å². The van der Waals surface area contributed by atoms with Crippen molar-refractivity contribution < 1.29 is 14.3 Å². The van der Waals surface area contributed by atoms with E-state index in [9.17, 15) is 14.3 Å². The first-order chi connectivity index (χ1) is 14.6. The lowest BCUT2D eigenvalue weighted by molar-refractivity contribution is 0.0495. The number of nitrogens with zero attached hydrogens (tertiary/aromatic N) is 2. The zero-order valence-corrected chi connectivity index (χ0v) is 16.6. The standard InChI is InChI=1S/C23H25FN4O2/c24-20-8-5-14(10-21-17-3-1-2-4-18(17)22(29)27-26-21)9-19(20)23(30)28-12-15(13-28)11-25-16-6-7-16/h1-5,8-9,15-16,22,25,27,29H,6-7,10-13H2. The van der Waals surface area contributed by atoms with Crippen molar-refractivity contribution in [3.05, 3.63) is 70.5 Å². The summed E-state index contributed by atoms with van der Waals surface area (Å²) in [5.74, 6) is -0.300. The minimum Gasteiger partial charge on any atom is -0.368 e. The van der Waals surface area contributed by atoms with E-state index in [1.807, 2.05) is 24.3 Å². The summed E-state index contributed by atoms with van der Waals surface area (Å²) in [6.07, 6.45) is 2.09. The fourth-order valence-corrected chi connectivity index (χ4v) is 4.10. The van der Waals surface area contributed by atoms with Crippen molar-refractivity contribution in [2.45, 2.75) is 31.5 Å². The van der Waals surface area contributed by atoms with E-state index in [0.29, 0.717) is 31.5 Å². The van der Waals surface area contributed by atoms with E-state index in [0.717, 1.165) is 28.9 Å². The van der Waals surface area contributed by atoms with E-state index in [1.54, 1.807) is 17.0 Å². The second-order valence-electron chi connectivity index (χ2n) is 8.43. The summed E-state index contributed by atoms with van der Waals surface area (Å²) < 4.78 is 14.4. The van der Waals surface area contributed by atoms with Gasteiger partial charge in [0.05, 0.1) is 11.3 Å². The van der Waals surface area contributed by atoms with E-state index in [-0.39, 0.29) is 11.5 Å². The number of amides is 1. The zero-order chi connectivity index (χ0) is 20.7. The predicted molar refractivity (Wildman–Crippen MR) is 112 cm³/mol. The third-order valence-electron chi connectivity index (χ3n) is 6.04. The molecule has 1 unspecified atom stereocenters. The molecule has 156 valence electrons. The maximum absolute atomic E-state index is 14.4. The first-order valence-electron chi connectivity index (χ1n) is 10.5. The predicted octanol–water partition coefficient (Wildman–Crippen LogP) is 2.19. The normalized spacial score (nSPS) is 20.8. The number of likely N-dealkylation sites (tertiary alicyclic amines) is 1. The molecule has 0 bridgehead atoms. The number of aliphatic hydroxyl groups excluding tert-OH is 1. The van der Waals surface area contributed by atoms with Gasteiger partial charge in [0, 0.05) is 49.1 Å². The van der Waals surface area contributed by atoms with Crippen LogP contribution in [0.15, 0.2) is 47.6 Å². The number of aliphatic hydroxyl groups is 1.